The highest BCUT2D eigenvalue weighted by Gasteiger charge is 2.64. The molecule has 2 heterocycles. The van der Waals surface area contributed by atoms with Gasteiger partial charge < -0.3 is 33.3 Å². The van der Waals surface area contributed by atoms with Crippen LogP contribution in [0.5, 0.6) is 23.0 Å². The first-order chi connectivity index (χ1) is 23.1. The zero-order chi connectivity index (χ0) is 34.8. The quantitative estimate of drug-likeness (QED) is 0.258. The average Bonchev–Trinajstić information content (AvgIpc) is 3.10. The molecule has 2 aromatic carbocycles. The van der Waals surface area contributed by atoms with Crippen molar-refractivity contribution < 1.29 is 42.8 Å². The molecule has 3 aliphatic rings. The maximum absolute atomic E-state index is 14.1. The summed E-state index contributed by atoms with van der Waals surface area (Å²) in [5.41, 5.74) is 1.62. The van der Waals surface area contributed by atoms with E-state index in [0.717, 1.165) is 35.2 Å². The molecule has 1 spiro atoms. The third kappa shape index (κ3) is 5.63. The van der Waals surface area contributed by atoms with Crippen LogP contribution in [0.2, 0.25) is 0 Å². The van der Waals surface area contributed by atoms with Crippen molar-refractivity contribution >= 4 is 17.8 Å². The van der Waals surface area contributed by atoms with Crippen LogP contribution in [-0.4, -0.2) is 88.9 Å². The van der Waals surface area contributed by atoms with Crippen LogP contribution in [0, 0.1) is 11.3 Å². The molecular formula is C37H50N2O9. The van der Waals surface area contributed by atoms with Gasteiger partial charge >= 0.3 is 11.9 Å². The number of carbonyl (C=O) groups excluding carboxylic acids is 3. The van der Waals surface area contributed by atoms with E-state index in [-0.39, 0.29) is 38.0 Å². The van der Waals surface area contributed by atoms with E-state index >= 15 is 0 Å². The van der Waals surface area contributed by atoms with Gasteiger partial charge in [-0.2, -0.15) is 0 Å². The van der Waals surface area contributed by atoms with Crippen LogP contribution < -0.4 is 18.9 Å². The monoisotopic (exact) mass is 666 g/mol. The Hall–Kier alpha value is -3.99. The van der Waals surface area contributed by atoms with Gasteiger partial charge in [0, 0.05) is 32.0 Å². The summed E-state index contributed by atoms with van der Waals surface area (Å²) < 4.78 is 34.4. The molecule has 3 unspecified atom stereocenters. The Bertz CT molecular complexity index is 1520. The summed E-state index contributed by atoms with van der Waals surface area (Å²) in [6.07, 6.45) is 1.98. The minimum Gasteiger partial charge on any atom is -0.493 e. The van der Waals surface area contributed by atoms with Crippen LogP contribution >= 0.6 is 0 Å². The SMILES string of the molecule is CCOC(=O)C1(C(=O)OCC)CCC2(c3cc(OC)c(OC)cc3CCN2C(C)=O)C(C2c3cc(OC)c(OC)cc3CCN2CC)C1. The fraction of sp³-hybridized carbons (Fsp3) is 0.595. The van der Waals surface area contributed by atoms with E-state index in [1.165, 1.54) is 0 Å². The van der Waals surface area contributed by atoms with Gasteiger partial charge in [0.15, 0.2) is 28.4 Å². The van der Waals surface area contributed by atoms with E-state index in [1.54, 1.807) is 49.2 Å². The van der Waals surface area contributed by atoms with E-state index < -0.39 is 28.8 Å². The number of hydrogen-bond donors (Lipinski definition) is 0. The van der Waals surface area contributed by atoms with Crippen LogP contribution in [0.25, 0.3) is 0 Å². The number of ether oxygens (including phenoxy) is 6. The summed E-state index contributed by atoms with van der Waals surface area (Å²) in [5, 5.41) is 0. The van der Waals surface area contributed by atoms with Crippen LogP contribution in [-0.2, 0) is 42.2 Å². The normalized spacial score (nSPS) is 23.0. The fourth-order valence-corrected chi connectivity index (χ4v) is 8.67. The summed E-state index contributed by atoms with van der Waals surface area (Å²) in [5.74, 6) is 0.665. The summed E-state index contributed by atoms with van der Waals surface area (Å²) in [6, 6.07) is 7.73. The van der Waals surface area contributed by atoms with Crippen molar-refractivity contribution in [2.75, 3.05) is 61.3 Å². The average molecular weight is 667 g/mol. The van der Waals surface area contributed by atoms with Crippen molar-refractivity contribution in [3.05, 3.63) is 46.5 Å². The molecule has 1 aliphatic carbocycles. The Labute approximate surface area is 283 Å². The van der Waals surface area contributed by atoms with E-state index in [9.17, 15) is 14.4 Å². The lowest BCUT2D eigenvalue weighted by Gasteiger charge is -2.60. The third-order valence-corrected chi connectivity index (χ3v) is 10.8. The first-order valence-corrected chi connectivity index (χ1v) is 17.0. The molecule has 0 aromatic heterocycles. The minimum atomic E-state index is -1.56. The lowest BCUT2D eigenvalue weighted by molar-refractivity contribution is -0.184. The summed E-state index contributed by atoms with van der Waals surface area (Å²) in [4.78, 5) is 46.3. The molecule has 0 bridgehead atoms. The molecule has 48 heavy (non-hydrogen) atoms. The Kier molecular flexibility index (Phi) is 10.5. The number of fused-ring (bicyclic) bond motifs is 3. The van der Waals surface area contributed by atoms with Crippen molar-refractivity contribution in [1.29, 1.82) is 0 Å². The van der Waals surface area contributed by atoms with Crippen LogP contribution in [0.1, 0.15) is 75.3 Å². The molecule has 5 rings (SSSR count). The number of likely N-dealkylation sites (N-methyl/N-ethyl adjacent to an activating group) is 1. The molecule has 3 atom stereocenters. The second-order valence-electron chi connectivity index (χ2n) is 12.8. The maximum atomic E-state index is 14.1. The number of methoxy groups -OCH3 is 4. The number of carbonyl (C=O) groups is 3. The lowest BCUT2D eigenvalue weighted by Crippen LogP contribution is -2.64. The number of amides is 1. The lowest BCUT2D eigenvalue weighted by atomic mass is 9.54. The largest absolute Gasteiger partial charge is 0.493 e. The predicted molar refractivity (Wildman–Crippen MR) is 179 cm³/mol. The molecule has 1 fully saturated rings. The molecule has 11 heteroatoms. The van der Waals surface area contributed by atoms with Gasteiger partial charge in [-0.15, -0.1) is 0 Å². The van der Waals surface area contributed by atoms with Crippen LogP contribution in [0.15, 0.2) is 24.3 Å². The number of hydrogen-bond acceptors (Lipinski definition) is 10. The van der Waals surface area contributed by atoms with Crippen molar-refractivity contribution in [2.45, 2.75) is 71.4 Å². The smallest absolute Gasteiger partial charge is 0.323 e. The Morgan fingerprint density at radius 2 is 1.29 bits per heavy atom. The van der Waals surface area contributed by atoms with Crippen molar-refractivity contribution in [3.63, 3.8) is 0 Å². The number of esters is 2. The third-order valence-electron chi connectivity index (χ3n) is 10.8. The topological polar surface area (TPSA) is 113 Å². The molecular weight excluding hydrogens is 616 g/mol. The van der Waals surface area contributed by atoms with Gasteiger partial charge in [0.05, 0.1) is 47.2 Å². The summed E-state index contributed by atoms with van der Waals surface area (Å²) in [7, 11) is 6.45. The molecule has 0 N–H and O–H groups in total. The highest BCUT2D eigenvalue weighted by Crippen LogP contribution is 2.61. The van der Waals surface area contributed by atoms with Gasteiger partial charge in [-0.1, -0.05) is 6.92 Å². The Balaban J connectivity index is 1.87. The number of nitrogens with zero attached hydrogens (tertiary/aromatic N) is 2. The molecule has 262 valence electrons. The van der Waals surface area contributed by atoms with E-state index in [1.807, 2.05) is 29.2 Å². The predicted octanol–water partition coefficient (Wildman–Crippen LogP) is 4.85. The maximum Gasteiger partial charge on any atom is 0.323 e. The summed E-state index contributed by atoms with van der Waals surface area (Å²) >= 11 is 0. The van der Waals surface area contributed by atoms with Gasteiger partial charge in [0.25, 0.3) is 0 Å². The minimum absolute atomic E-state index is 0.0772. The Morgan fingerprint density at radius 1 is 0.750 bits per heavy atom. The van der Waals surface area contributed by atoms with E-state index in [4.69, 9.17) is 28.4 Å². The molecule has 11 nitrogen and oxygen atoms in total. The van der Waals surface area contributed by atoms with Gasteiger partial charge in [0.1, 0.15) is 0 Å². The van der Waals surface area contributed by atoms with E-state index in [0.29, 0.717) is 48.9 Å². The zero-order valence-corrected chi connectivity index (χ0v) is 29.6. The molecule has 1 amide bonds. The standard InChI is InChI=1S/C37H50N2O9/c1-9-38-16-12-24-18-29(43-5)31(45-7)20-26(24)33(38)28-22-36(34(41)47-10-2,35(42)48-11-3)14-15-37(28)27-21-32(46-8)30(44-6)19-25(27)13-17-39(37)23(4)40/h18-21,28,33H,9-17,22H2,1-8H3. The number of benzene rings is 2. The molecule has 2 aromatic rings. The van der Waals surface area contributed by atoms with E-state index in [2.05, 4.69) is 11.8 Å². The fourth-order valence-electron chi connectivity index (χ4n) is 8.67. The van der Waals surface area contributed by atoms with Crippen LogP contribution in [0.4, 0.5) is 0 Å². The zero-order valence-electron chi connectivity index (χ0n) is 29.6. The van der Waals surface area contributed by atoms with Gasteiger partial charge in [-0.05, 0) is 99.0 Å². The molecule has 1 saturated carbocycles. The van der Waals surface area contributed by atoms with Crippen LogP contribution in [0.3, 0.4) is 0 Å². The molecule has 0 saturated heterocycles. The van der Waals surface area contributed by atoms with Crippen molar-refractivity contribution in [2.24, 2.45) is 11.3 Å². The molecule has 0 radical (unpaired) electrons. The first-order valence-electron chi connectivity index (χ1n) is 17.0. The van der Waals surface area contributed by atoms with Crippen molar-refractivity contribution in [1.82, 2.24) is 9.80 Å². The highest BCUT2D eigenvalue weighted by molar-refractivity contribution is 6.00. The second-order valence-corrected chi connectivity index (χ2v) is 12.8. The summed E-state index contributed by atoms with van der Waals surface area (Å²) in [6.45, 7) is 9.35. The first kappa shape index (κ1) is 35.3. The second kappa shape index (κ2) is 14.2. The van der Waals surface area contributed by atoms with Crippen molar-refractivity contribution in [3.8, 4) is 23.0 Å². The Morgan fingerprint density at radius 3 is 1.83 bits per heavy atom. The molecule has 2 aliphatic heterocycles. The van der Waals surface area contributed by atoms with Gasteiger partial charge in [-0.3, -0.25) is 19.3 Å². The number of rotatable bonds is 10. The van der Waals surface area contributed by atoms with Gasteiger partial charge in [0.2, 0.25) is 5.91 Å². The highest BCUT2D eigenvalue weighted by atomic mass is 16.6. The van der Waals surface area contributed by atoms with Gasteiger partial charge in [-0.25, -0.2) is 0 Å².